The molecule has 2 aliphatic heterocycles. The monoisotopic (exact) mass is 516 g/mol. The van der Waals surface area contributed by atoms with Crippen molar-refractivity contribution in [1.29, 1.82) is 0 Å². The number of aliphatic hydroxyl groups excluding tert-OH is 1. The number of hydrogen-bond donors (Lipinski definition) is 3. The Morgan fingerprint density at radius 3 is 2.19 bits per heavy atom. The number of aliphatic carboxylic acids is 1. The zero-order chi connectivity index (χ0) is 26.5. The van der Waals surface area contributed by atoms with Gasteiger partial charge in [-0.1, -0.05) is 0 Å². The van der Waals surface area contributed by atoms with Gasteiger partial charge in [0.05, 0.1) is 18.8 Å². The summed E-state index contributed by atoms with van der Waals surface area (Å²) in [5, 5.41) is 26.3. The number of rotatable bonds is 4. The second-order valence-corrected chi connectivity index (χ2v) is 10.2. The Hall–Kier alpha value is -2.37. The zero-order valence-corrected chi connectivity index (χ0v) is 20.4. The molecule has 202 valence electrons. The van der Waals surface area contributed by atoms with Crippen LogP contribution in [0.1, 0.15) is 55.3 Å². The van der Waals surface area contributed by atoms with E-state index in [4.69, 9.17) is 14.6 Å². The van der Waals surface area contributed by atoms with Crippen LogP contribution in [0.4, 0.5) is 13.2 Å². The van der Waals surface area contributed by atoms with E-state index in [0.717, 1.165) is 71.2 Å². The highest BCUT2D eigenvalue weighted by atomic mass is 19.4. The molecule has 1 aromatic carbocycles. The maximum absolute atomic E-state index is 12.7. The Kier molecular flexibility index (Phi) is 9.23. The molecule has 1 amide bonds. The molecule has 1 spiro atoms. The van der Waals surface area contributed by atoms with Crippen LogP contribution in [-0.2, 0) is 9.53 Å². The van der Waals surface area contributed by atoms with E-state index < -0.39 is 12.1 Å². The summed E-state index contributed by atoms with van der Waals surface area (Å²) >= 11 is 0. The van der Waals surface area contributed by atoms with Gasteiger partial charge in [0.2, 0.25) is 0 Å². The minimum absolute atomic E-state index is 0.0505. The van der Waals surface area contributed by atoms with Gasteiger partial charge in [-0.25, -0.2) is 4.79 Å². The van der Waals surface area contributed by atoms with Crippen molar-refractivity contribution in [2.75, 3.05) is 33.3 Å². The summed E-state index contributed by atoms with van der Waals surface area (Å²) in [6, 6.07) is 7.08. The van der Waals surface area contributed by atoms with Gasteiger partial charge < -0.3 is 29.9 Å². The number of carbonyl (C=O) groups excluding carboxylic acids is 1. The van der Waals surface area contributed by atoms with Crippen molar-refractivity contribution in [3.8, 4) is 5.75 Å². The molecule has 8 nitrogen and oxygen atoms in total. The summed E-state index contributed by atoms with van der Waals surface area (Å²) < 4.78 is 37.9. The van der Waals surface area contributed by atoms with Crippen molar-refractivity contribution in [3.63, 3.8) is 0 Å². The number of ether oxygens (including phenoxy) is 1. The predicted molar refractivity (Wildman–Crippen MR) is 125 cm³/mol. The number of carboxylic acids is 1. The number of phenolic OH excluding ortho intramolecular Hbond substituents is 1. The fourth-order valence-electron chi connectivity index (χ4n) is 5.30. The number of aromatic hydroxyl groups is 1. The second-order valence-electron chi connectivity index (χ2n) is 10.2. The molecule has 0 aromatic heterocycles. The first-order valence-electron chi connectivity index (χ1n) is 12.3. The first-order valence-corrected chi connectivity index (χ1v) is 12.3. The van der Waals surface area contributed by atoms with Crippen LogP contribution in [0.2, 0.25) is 0 Å². The van der Waals surface area contributed by atoms with Gasteiger partial charge in [0.15, 0.2) is 0 Å². The lowest BCUT2D eigenvalue weighted by molar-refractivity contribution is -0.192. The van der Waals surface area contributed by atoms with E-state index in [0.29, 0.717) is 11.6 Å². The summed E-state index contributed by atoms with van der Waals surface area (Å²) in [7, 11) is 2.19. The minimum Gasteiger partial charge on any atom is -0.508 e. The molecule has 1 aliphatic carbocycles. The highest BCUT2D eigenvalue weighted by molar-refractivity contribution is 5.94. The number of halogens is 3. The van der Waals surface area contributed by atoms with Gasteiger partial charge in [0.25, 0.3) is 5.91 Å². The van der Waals surface area contributed by atoms with Gasteiger partial charge >= 0.3 is 12.1 Å². The van der Waals surface area contributed by atoms with Crippen molar-refractivity contribution in [2.45, 2.75) is 69.4 Å². The van der Waals surface area contributed by atoms with E-state index >= 15 is 0 Å². The SMILES string of the molecule is CN(CC1CC2(CCN(C(=O)c3ccc(O)cc3)CC2)CO1)C1CCC(O)CC1.O=C(O)C(F)(F)F. The minimum atomic E-state index is -5.08. The van der Waals surface area contributed by atoms with Crippen molar-refractivity contribution in [2.24, 2.45) is 5.41 Å². The van der Waals surface area contributed by atoms with Gasteiger partial charge in [-0.05, 0) is 81.7 Å². The van der Waals surface area contributed by atoms with Gasteiger partial charge in [-0.3, -0.25) is 4.79 Å². The van der Waals surface area contributed by atoms with Crippen LogP contribution in [0.3, 0.4) is 0 Å². The van der Waals surface area contributed by atoms with Crippen LogP contribution in [0.5, 0.6) is 5.75 Å². The Balaban J connectivity index is 0.000000454. The number of carbonyl (C=O) groups is 2. The Morgan fingerprint density at radius 2 is 1.67 bits per heavy atom. The number of carboxylic acid groups (broad SMARTS) is 1. The first-order chi connectivity index (χ1) is 16.9. The lowest BCUT2D eigenvalue weighted by Crippen LogP contribution is -2.44. The van der Waals surface area contributed by atoms with Gasteiger partial charge in [0.1, 0.15) is 5.75 Å². The van der Waals surface area contributed by atoms with E-state index in [1.165, 1.54) is 0 Å². The second kappa shape index (κ2) is 11.8. The number of likely N-dealkylation sites (N-methyl/N-ethyl adjacent to an activating group) is 1. The van der Waals surface area contributed by atoms with Crippen molar-refractivity contribution < 1.29 is 42.8 Å². The molecule has 3 fully saturated rings. The van der Waals surface area contributed by atoms with E-state index in [2.05, 4.69) is 11.9 Å². The summed E-state index contributed by atoms with van der Waals surface area (Å²) in [5.74, 6) is -2.52. The topological polar surface area (TPSA) is 111 Å². The third-order valence-electron chi connectivity index (χ3n) is 7.54. The van der Waals surface area contributed by atoms with E-state index in [-0.39, 0.29) is 29.3 Å². The number of piperidine rings is 1. The first kappa shape index (κ1) is 28.2. The predicted octanol–water partition coefficient (Wildman–Crippen LogP) is 3.27. The van der Waals surface area contributed by atoms with Gasteiger partial charge in [-0.15, -0.1) is 0 Å². The number of amides is 1. The van der Waals surface area contributed by atoms with Crippen LogP contribution >= 0.6 is 0 Å². The number of benzene rings is 1. The highest BCUT2D eigenvalue weighted by Gasteiger charge is 2.43. The zero-order valence-electron chi connectivity index (χ0n) is 20.4. The molecule has 0 bridgehead atoms. The third kappa shape index (κ3) is 7.57. The number of phenols is 1. The lowest BCUT2D eigenvalue weighted by atomic mass is 9.76. The molecule has 11 heteroatoms. The molecule has 36 heavy (non-hydrogen) atoms. The molecule has 1 saturated carbocycles. The standard InChI is InChI=1S/C23H34N2O4.C2HF3O2/c1-24(18-4-8-20(27)9-5-18)15-21-14-23(16-29-21)10-12-25(13-11-23)22(28)17-2-6-19(26)7-3-17;3-2(4,5)1(6)7/h2-3,6-7,18,20-21,26-27H,4-5,8-16H2,1H3;(H,6,7). The smallest absolute Gasteiger partial charge is 0.490 e. The fraction of sp³-hybridized carbons (Fsp3) is 0.680. The number of alkyl halides is 3. The van der Waals surface area contributed by atoms with Gasteiger partial charge in [-0.2, -0.15) is 13.2 Å². The molecule has 2 saturated heterocycles. The van der Waals surface area contributed by atoms with Crippen molar-refractivity contribution in [3.05, 3.63) is 29.8 Å². The van der Waals surface area contributed by atoms with Gasteiger partial charge in [0, 0.05) is 31.2 Å². The lowest BCUT2D eigenvalue weighted by Gasteiger charge is -2.39. The molecule has 2 heterocycles. The average Bonchev–Trinajstić information content (AvgIpc) is 3.21. The van der Waals surface area contributed by atoms with Crippen molar-refractivity contribution in [1.82, 2.24) is 9.80 Å². The molecule has 1 atom stereocenters. The van der Waals surface area contributed by atoms with Crippen LogP contribution < -0.4 is 0 Å². The summed E-state index contributed by atoms with van der Waals surface area (Å²) in [6.45, 7) is 3.30. The number of likely N-dealkylation sites (tertiary alicyclic amines) is 1. The van der Waals surface area contributed by atoms with E-state index in [9.17, 15) is 28.2 Å². The van der Waals surface area contributed by atoms with E-state index in [1.807, 2.05) is 4.90 Å². The third-order valence-corrected chi connectivity index (χ3v) is 7.54. The summed E-state index contributed by atoms with van der Waals surface area (Å²) in [4.78, 5) is 26.0. The molecular formula is C25H35F3N2O6. The quantitative estimate of drug-likeness (QED) is 0.563. The Morgan fingerprint density at radius 1 is 1.11 bits per heavy atom. The maximum atomic E-state index is 12.7. The molecule has 1 unspecified atom stereocenters. The summed E-state index contributed by atoms with van der Waals surface area (Å²) in [6.07, 6.45) is 2.11. The molecule has 3 aliphatic rings. The van der Waals surface area contributed by atoms with Crippen LogP contribution in [0.15, 0.2) is 24.3 Å². The van der Waals surface area contributed by atoms with Crippen LogP contribution in [0, 0.1) is 5.41 Å². The fourth-order valence-corrected chi connectivity index (χ4v) is 5.30. The molecule has 4 rings (SSSR count). The maximum Gasteiger partial charge on any atom is 0.490 e. The molecule has 1 aromatic rings. The average molecular weight is 517 g/mol. The molecule has 0 radical (unpaired) electrons. The van der Waals surface area contributed by atoms with E-state index in [1.54, 1.807) is 24.3 Å². The largest absolute Gasteiger partial charge is 0.508 e. The Labute approximate surface area is 208 Å². The highest BCUT2D eigenvalue weighted by Crippen LogP contribution is 2.42. The van der Waals surface area contributed by atoms with Crippen molar-refractivity contribution >= 4 is 11.9 Å². The number of hydrogen-bond acceptors (Lipinski definition) is 6. The molecule has 3 N–H and O–H groups in total. The Bertz CT molecular complexity index is 879. The molecular weight excluding hydrogens is 481 g/mol. The summed E-state index contributed by atoms with van der Waals surface area (Å²) in [5.41, 5.74) is 0.846. The normalized spacial score (nSPS) is 25.9. The van der Waals surface area contributed by atoms with Crippen LogP contribution in [0.25, 0.3) is 0 Å². The number of nitrogens with zero attached hydrogens (tertiary/aromatic N) is 2. The van der Waals surface area contributed by atoms with Crippen LogP contribution in [-0.4, -0.2) is 94.7 Å². The number of aliphatic hydroxyl groups is 1.